The van der Waals surface area contributed by atoms with E-state index in [-0.39, 0.29) is 6.42 Å². The van der Waals surface area contributed by atoms with E-state index in [0.717, 1.165) is 32.1 Å². The third-order valence-electron chi connectivity index (χ3n) is 8.07. The number of carboxylic acid groups (broad SMARTS) is 1. The Morgan fingerprint density at radius 3 is 1.27 bits per heavy atom. The van der Waals surface area contributed by atoms with Gasteiger partial charge >= 0.3 is 0 Å². The number of hydrogen-bond acceptors (Lipinski definition) is 2. The van der Waals surface area contributed by atoms with Gasteiger partial charge in [-0.1, -0.05) is 141 Å². The van der Waals surface area contributed by atoms with E-state index in [1.165, 1.54) is 146 Å². The number of carboxylic acids is 1. The topological polar surface area (TPSA) is 40.1 Å². The minimum absolute atomic E-state index is 0.213. The third-order valence-corrected chi connectivity index (χ3v) is 8.07. The van der Waals surface area contributed by atoms with Crippen molar-refractivity contribution in [2.45, 2.75) is 188 Å². The zero-order valence-electron chi connectivity index (χ0n) is 28.9. The molecule has 0 radical (unpaired) electrons. The molecule has 0 amide bonds. The molecule has 41 heavy (non-hydrogen) atoms. The molecule has 0 aliphatic rings. The van der Waals surface area contributed by atoms with Crippen molar-refractivity contribution < 1.29 is 14.4 Å². The molecule has 0 unspecified atom stereocenters. The summed E-state index contributed by atoms with van der Waals surface area (Å²) in [6.45, 7) is 9.58. The lowest BCUT2D eigenvalue weighted by Crippen LogP contribution is -2.41. The number of allylic oxidation sites excluding steroid dienone is 4. The first-order valence-corrected chi connectivity index (χ1v) is 18.2. The Morgan fingerprint density at radius 1 is 0.488 bits per heavy atom. The highest BCUT2D eigenvalue weighted by molar-refractivity contribution is 5.64. The van der Waals surface area contributed by atoms with Gasteiger partial charge in [0.1, 0.15) is 0 Å². The lowest BCUT2D eigenvalue weighted by molar-refractivity contribution is -0.890. The molecule has 0 bridgehead atoms. The van der Waals surface area contributed by atoms with Crippen molar-refractivity contribution in [3.05, 3.63) is 24.3 Å². The second-order valence-corrected chi connectivity index (χ2v) is 13.0. The molecule has 0 aromatic heterocycles. The van der Waals surface area contributed by atoms with Crippen LogP contribution in [0, 0.1) is 0 Å². The quantitative estimate of drug-likeness (QED) is 0.0484. The van der Waals surface area contributed by atoms with Gasteiger partial charge in [-0.15, -0.1) is 0 Å². The highest BCUT2D eigenvalue weighted by Gasteiger charge is 2.13. The number of quaternary nitrogens is 1. The maximum Gasteiger partial charge on any atom is 0.0782 e. The maximum atomic E-state index is 10.2. The van der Waals surface area contributed by atoms with Crippen LogP contribution in [0.25, 0.3) is 0 Å². The fourth-order valence-electron chi connectivity index (χ4n) is 5.19. The molecule has 3 heteroatoms. The largest absolute Gasteiger partial charge is 0.550 e. The van der Waals surface area contributed by atoms with Gasteiger partial charge in [0.2, 0.25) is 0 Å². The van der Waals surface area contributed by atoms with Gasteiger partial charge in [-0.3, -0.25) is 0 Å². The van der Waals surface area contributed by atoms with Gasteiger partial charge in [-0.2, -0.15) is 0 Å². The fraction of sp³-hybridized carbons (Fsp3) is 0.868. The summed E-state index contributed by atoms with van der Waals surface area (Å²) < 4.78 is 1.24. The molecule has 0 heterocycles. The van der Waals surface area contributed by atoms with Crippen LogP contribution in [0.15, 0.2) is 24.3 Å². The van der Waals surface area contributed by atoms with E-state index in [9.17, 15) is 9.90 Å². The molecule has 0 atom stereocenters. The van der Waals surface area contributed by atoms with Crippen LogP contribution in [0.3, 0.4) is 0 Å². The summed E-state index contributed by atoms with van der Waals surface area (Å²) in [5, 5.41) is 10.2. The first-order chi connectivity index (χ1) is 19.9. The van der Waals surface area contributed by atoms with Crippen LogP contribution >= 0.6 is 0 Å². The van der Waals surface area contributed by atoms with Crippen LogP contribution in [-0.2, 0) is 4.79 Å². The van der Waals surface area contributed by atoms with E-state index in [1.807, 2.05) is 0 Å². The Bertz CT molecular complexity index is 567. The Balaban J connectivity index is 0. The first kappa shape index (κ1) is 42.0. The van der Waals surface area contributed by atoms with Crippen molar-refractivity contribution >= 4 is 5.97 Å². The molecule has 0 saturated heterocycles. The predicted octanol–water partition coefficient (Wildman–Crippen LogP) is 11.1. The summed E-state index contributed by atoms with van der Waals surface area (Å²) in [5.74, 6) is -0.921. The Kier molecular flexibility index (Phi) is 36.0. The number of aliphatic carboxylic acids is 1. The average Bonchev–Trinajstić information content (AvgIpc) is 2.94. The number of nitrogens with zero attached hydrogens (tertiary/aromatic N) is 1. The maximum absolute atomic E-state index is 10.2. The van der Waals surface area contributed by atoms with Crippen LogP contribution in [-0.4, -0.2) is 37.6 Å². The van der Waals surface area contributed by atoms with Crippen molar-refractivity contribution in [2.24, 2.45) is 0 Å². The fourth-order valence-corrected chi connectivity index (χ4v) is 5.19. The summed E-state index contributed by atoms with van der Waals surface area (Å²) in [4.78, 5) is 10.2. The van der Waals surface area contributed by atoms with Crippen LogP contribution < -0.4 is 5.11 Å². The molecule has 0 saturated carbocycles. The molecule has 0 spiro atoms. The van der Waals surface area contributed by atoms with Crippen molar-refractivity contribution in [2.75, 3.05) is 27.2 Å². The molecule has 244 valence electrons. The van der Waals surface area contributed by atoms with Crippen molar-refractivity contribution in [1.82, 2.24) is 0 Å². The van der Waals surface area contributed by atoms with E-state index < -0.39 is 5.97 Å². The van der Waals surface area contributed by atoms with E-state index in [4.69, 9.17) is 0 Å². The van der Waals surface area contributed by atoms with Crippen LogP contribution in [0.1, 0.15) is 188 Å². The van der Waals surface area contributed by atoms with Crippen LogP contribution in [0.5, 0.6) is 0 Å². The number of unbranched alkanes of at least 4 members (excludes halogenated alkanes) is 20. The summed E-state index contributed by atoms with van der Waals surface area (Å²) in [6, 6.07) is 0. The van der Waals surface area contributed by atoms with Gasteiger partial charge in [0.25, 0.3) is 0 Å². The second-order valence-electron chi connectivity index (χ2n) is 13.0. The molecule has 0 rings (SSSR count). The van der Waals surface area contributed by atoms with Gasteiger partial charge in [-0.25, -0.2) is 0 Å². The molecule has 0 N–H and O–H groups in total. The summed E-state index contributed by atoms with van der Waals surface area (Å²) in [5.41, 5.74) is 0. The second kappa shape index (κ2) is 35.1. The first-order valence-electron chi connectivity index (χ1n) is 18.2. The van der Waals surface area contributed by atoms with Gasteiger partial charge in [0.05, 0.1) is 27.2 Å². The molecular weight excluding hydrogens is 502 g/mol. The molecule has 0 aromatic carbocycles. The zero-order valence-corrected chi connectivity index (χ0v) is 28.9. The number of carbonyl (C=O) groups is 1. The minimum Gasteiger partial charge on any atom is -0.550 e. The van der Waals surface area contributed by atoms with E-state index >= 15 is 0 Å². The highest BCUT2D eigenvalue weighted by atomic mass is 16.4. The molecule has 3 nitrogen and oxygen atoms in total. The van der Waals surface area contributed by atoms with Crippen molar-refractivity contribution in [1.29, 1.82) is 0 Å². The van der Waals surface area contributed by atoms with E-state index in [0.29, 0.717) is 0 Å². The summed E-state index contributed by atoms with van der Waals surface area (Å²) in [7, 11) is 4.85. The summed E-state index contributed by atoms with van der Waals surface area (Å²) in [6.07, 6.45) is 42.0. The smallest absolute Gasteiger partial charge is 0.0782 e. The van der Waals surface area contributed by atoms with Gasteiger partial charge in [-0.05, 0) is 70.6 Å². The number of rotatable bonds is 30. The average molecular weight is 578 g/mol. The minimum atomic E-state index is -0.921. The van der Waals surface area contributed by atoms with Crippen LogP contribution in [0.2, 0.25) is 0 Å². The normalized spacial score (nSPS) is 11.8. The molecule has 0 aliphatic heterocycles. The zero-order chi connectivity index (χ0) is 30.7. The van der Waals surface area contributed by atoms with Gasteiger partial charge in [0, 0.05) is 5.97 Å². The van der Waals surface area contributed by atoms with Gasteiger partial charge < -0.3 is 14.4 Å². The lowest BCUT2D eigenvalue weighted by atomic mass is 10.1. The molecule has 0 aliphatic carbocycles. The van der Waals surface area contributed by atoms with Gasteiger partial charge in [0.15, 0.2) is 0 Å². The Hall–Kier alpha value is -1.09. The molecule has 0 aromatic rings. The standard InChI is InChI=1S/C20H44N.C18H32O2/c1-5-7-9-11-13-14-16-18-20-21(3,4)19-17-15-12-10-8-6-2;1-2-3-4-5-6-7-8-9-10-11-12-13-14-15-16-17-18(19)20/h5-20H2,1-4H3;6-7,9-10H,2-5,8,11-17H2,1H3,(H,19,20)/q+1;/p-1/b;7-6-,10-9-. The van der Waals surface area contributed by atoms with Crippen molar-refractivity contribution in [3.63, 3.8) is 0 Å². The van der Waals surface area contributed by atoms with Crippen molar-refractivity contribution in [3.8, 4) is 0 Å². The Labute approximate surface area is 259 Å². The SMILES string of the molecule is CCCCC/C=C\C/C=C\CCCCCCCC(=O)[O-].CCCCCCCCCC[N+](C)(C)CCCCCCCC. The molecule has 0 fully saturated rings. The lowest BCUT2D eigenvalue weighted by Gasteiger charge is -2.30. The summed E-state index contributed by atoms with van der Waals surface area (Å²) >= 11 is 0. The monoisotopic (exact) mass is 578 g/mol. The van der Waals surface area contributed by atoms with Crippen LogP contribution in [0.4, 0.5) is 0 Å². The Morgan fingerprint density at radius 2 is 0.829 bits per heavy atom. The molecular formula is C38H75NO2. The number of carbonyl (C=O) groups excluding carboxylic acids is 1. The highest BCUT2D eigenvalue weighted by Crippen LogP contribution is 2.12. The number of hydrogen-bond donors (Lipinski definition) is 0. The third kappa shape index (κ3) is 41.1. The predicted molar refractivity (Wildman–Crippen MR) is 182 cm³/mol. The van der Waals surface area contributed by atoms with E-state index in [2.05, 4.69) is 59.2 Å². The van der Waals surface area contributed by atoms with E-state index in [1.54, 1.807) is 0 Å².